The number of nitrogens with zero attached hydrogens (tertiary/aromatic N) is 1. The monoisotopic (exact) mass is 423 g/mol. The molecule has 0 amide bonds. The van der Waals surface area contributed by atoms with E-state index >= 15 is 0 Å². The molecule has 7 heteroatoms. The third kappa shape index (κ3) is 6.74. The molecule has 3 aliphatic rings. The molecule has 2 fully saturated rings. The molecule has 4 N–H and O–H groups in total. The Morgan fingerprint density at radius 1 is 1.27 bits per heavy atom. The molecule has 0 spiro atoms. The average molecular weight is 424 g/mol. The van der Waals surface area contributed by atoms with Gasteiger partial charge in [0.15, 0.2) is 6.67 Å². The molecular weight excluding hydrogens is 382 g/mol. The van der Waals surface area contributed by atoms with E-state index in [0.29, 0.717) is 24.4 Å². The van der Waals surface area contributed by atoms with Crippen molar-refractivity contribution in [3.63, 3.8) is 0 Å². The number of carbonyl (C=O) groups is 1. The minimum absolute atomic E-state index is 0.166. The van der Waals surface area contributed by atoms with E-state index in [2.05, 4.69) is 17.2 Å². The largest absolute Gasteiger partial charge is 0.550 e. The van der Waals surface area contributed by atoms with Gasteiger partial charge in [0.1, 0.15) is 12.6 Å². The summed E-state index contributed by atoms with van der Waals surface area (Å²) in [7, 11) is 0. The van der Waals surface area contributed by atoms with Gasteiger partial charge in [-0.25, -0.2) is 4.99 Å². The number of carbonyl (C=O) groups excluding carboxylic acids is 1. The molecule has 3 rings (SSSR count). The Balaban J connectivity index is 1.37. The number of rotatable bonds is 10. The highest BCUT2D eigenvalue weighted by Gasteiger charge is 2.44. The highest BCUT2D eigenvalue weighted by atomic mass is 16.4. The van der Waals surface area contributed by atoms with Crippen LogP contribution in [0.15, 0.2) is 4.99 Å². The van der Waals surface area contributed by atoms with Gasteiger partial charge in [0.25, 0.3) is 0 Å². The summed E-state index contributed by atoms with van der Waals surface area (Å²) < 4.78 is 0. The summed E-state index contributed by atoms with van der Waals surface area (Å²) in [5.41, 5.74) is 0. The maximum atomic E-state index is 10.5. The Kier molecular flexibility index (Phi) is 9.11. The van der Waals surface area contributed by atoms with Crippen molar-refractivity contribution in [2.75, 3.05) is 13.2 Å². The summed E-state index contributed by atoms with van der Waals surface area (Å²) in [5.74, 6) is 0.313. The fourth-order valence-corrected chi connectivity index (χ4v) is 5.84. The van der Waals surface area contributed by atoms with Crippen molar-refractivity contribution >= 4 is 12.2 Å². The first kappa shape index (κ1) is 23.6. The van der Waals surface area contributed by atoms with Crippen LogP contribution in [0.4, 0.5) is 0 Å². The maximum Gasteiger partial charge on any atom is 0.171 e. The van der Waals surface area contributed by atoms with Gasteiger partial charge in [-0.1, -0.05) is 38.5 Å². The summed E-state index contributed by atoms with van der Waals surface area (Å²) in [6, 6.07) is 1.10. The first-order valence-electron chi connectivity index (χ1n) is 12.1. The molecule has 0 aromatic rings. The van der Waals surface area contributed by atoms with Gasteiger partial charge in [-0.2, -0.15) is 0 Å². The van der Waals surface area contributed by atoms with E-state index in [4.69, 9.17) is 0 Å². The quantitative estimate of drug-likeness (QED) is 0.359. The van der Waals surface area contributed by atoms with Gasteiger partial charge in [0.2, 0.25) is 0 Å². The van der Waals surface area contributed by atoms with Crippen molar-refractivity contribution in [3.05, 3.63) is 0 Å². The Hall–Kier alpha value is -1.02. The van der Waals surface area contributed by atoms with Crippen LogP contribution in [0.5, 0.6) is 0 Å². The summed E-state index contributed by atoms with van der Waals surface area (Å²) in [6.07, 6.45) is 11.6. The highest BCUT2D eigenvalue weighted by molar-refractivity contribution is 5.64. The maximum absolute atomic E-state index is 10.5. The highest BCUT2D eigenvalue weighted by Crippen LogP contribution is 2.36. The number of aliphatic carboxylic acids is 1. The lowest BCUT2D eigenvalue weighted by atomic mass is 9.72. The molecule has 0 aromatic heterocycles. The molecule has 1 saturated heterocycles. The van der Waals surface area contributed by atoms with Crippen molar-refractivity contribution < 1.29 is 25.0 Å². The van der Waals surface area contributed by atoms with E-state index in [1.807, 2.05) is 6.21 Å². The Bertz CT molecular complexity index is 557. The van der Waals surface area contributed by atoms with Gasteiger partial charge in [0, 0.05) is 24.9 Å². The molecular formula is C23H41N3O4. The molecule has 7 nitrogen and oxygen atoms in total. The van der Waals surface area contributed by atoms with Gasteiger partial charge in [-0.3, -0.25) is 0 Å². The fourth-order valence-electron chi connectivity index (χ4n) is 5.84. The number of piperidine rings is 1. The van der Waals surface area contributed by atoms with Crippen LogP contribution in [-0.4, -0.2) is 65.9 Å². The number of quaternary nitrogens is 1. The number of hydrogen-bond donors (Lipinski definition) is 4. The minimum atomic E-state index is -1.17. The molecule has 2 heterocycles. The zero-order chi connectivity index (χ0) is 21.5. The summed E-state index contributed by atoms with van der Waals surface area (Å²) in [6.45, 7) is 3.94. The van der Waals surface area contributed by atoms with Crippen LogP contribution in [0.2, 0.25) is 0 Å². The normalized spacial score (nSPS) is 37.9. The number of carboxylic acid groups (broad SMARTS) is 1. The third-order valence-electron chi connectivity index (χ3n) is 7.71. The van der Waals surface area contributed by atoms with Crippen LogP contribution in [0.25, 0.3) is 0 Å². The molecule has 0 bridgehead atoms. The second-order valence-corrected chi connectivity index (χ2v) is 9.93. The van der Waals surface area contributed by atoms with Crippen molar-refractivity contribution in [1.29, 1.82) is 0 Å². The number of aliphatic hydroxyl groups excluding tert-OH is 2. The molecule has 6 atom stereocenters. The molecule has 172 valence electrons. The van der Waals surface area contributed by atoms with Crippen LogP contribution in [0.3, 0.4) is 0 Å². The van der Waals surface area contributed by atoms with Crippen molar-refractivity contribution in [3.8, 4) is 0 Å². The van der Waals surface area contributed by atoms with E-state index in [-0.39, 0.29) is 18.6 Å². The van der Waals surface area contributed by atoms with Gasteiger partial charge < -0.3 is 30.3 Å². The van der Waals surface area contributed by atoms with Crippen molar-refractivity contribution in [2.45, 2.75) is 108 Å². The SMILES string of the molecule is CC1NC(C2CCC(CCCCCC(O)CC(=O)[O-])CC2)C([NH+]2CC=NC2)CC1O. The topological polar surface area (TPSA) is 109 Å². The number of hydrogen-bond acceptors (Lipinski definition) is 6. The molecule has 0 aromatic carbocycles. The van der Waals surface area contributed by atoms with Gasteiger partial charge in [-0.15, -0.1) is 0 Å². The molecule has 0 radical (unpaired) electrons. The standard InChI is InChI=1S/C23H41N3O4/c1-16-21(28)14-20(26-12-11-24-15-26)23(25-16)18-9-7-17(8-10-18)5-3-2-4-6-19(27)13-22(29)30/h11,16-21,23,25,27-28H,2-10,12-15H2,1H3,(H,29,30). The predicted molar refractivity (Wildman–Crippen MR) is 114 cm³/mol. The summed E-state index contributed by atoms with van der Waals surface area (Å²) >= 11 is 0. The first-order chi connectivity index (χ1) is 14.4. The average Bonchev–Trinajstić information content (AvgIpc) is 3.24. The summed E-state index contributed by atoms with van der Waals surface area (Å²) in [4.78, 5) is 16.4. The smallest absolute Gasteiger partial charge is 0.171 e. The Labute approximate surface area is 180 Å². The van der Waals surface area contributed by atoms with Crippen molar-refractivity contribution in [1.82, 2.24) is 5.32 Å². The molecule has 1 aliphatic carbocycles. The zero-order valence-corrected chi connectivity index (χ0v) is 18.5. The minimum Gasteiger partial charge on any atom is -0.550 e. The third-order valence-corrected chi connectivity index (χ3v) is 7.71. The van der Waals surface area contributed by atoms with Gasteiger partial charge >= 0.3 is 0 Å². The first-order valence-corrected chi connectivity index (χ1v) is 12.1. The van der Waals surface area contributed by atoms with E-state index in [9.17, 15) is 20.1 Å². The molecule has 2 aliphatic heterocycles. The van der Waals surface area contributed by atoms with E-state index in [1.165, 1.54) is 37.0 Å². The lowest BCUT2D eigenvalue weighted by Gasteiger charge is -2.45. The van der Waals surface area contributed by atoms with Crippen LogP contribution >= 0.6 is 0 Å². The second kappa shape index (κ2) is 11.6. The van der Waals surface area contributed by atoms with Crippen LogP contribution in [0, 0.1) is 11.8 Å². The lowest BCUT2D eigenvalue weighted by molar-refractivity contribution is -0.914. The van der Waals surface area contributed by atoms with Gasteiger partial charge in [0.05, 0.1) is 24.5 Å². The Morgan fingerprint density at radius 3 is 2.70 bits per heavy atom. The summed E-state index contributed by atoms with van der Waals surface area (Å²) in [5, 5.41) is 34.3. The molecule has 30 heavy (non-hydrogen) atoms. The van der Waals surface area contributed by atoms with E-state index < -0.39 is 12.1 Å². The fraction of sp³-hybridized carbons (Fsp3) is 0.913. The predicted octanol–water partition coefficient (Wildman–Crippen LogP) is -0.349. The number of nitrogens with one attached hydrogen (secondary N) is 2. The number of aliphatic imine (C=N–C) groups is 1. The van der Waals surface area contributed by atoms with Crippen LogP contribution in [-0.2, 0) is 4.79 Å². The van der Waals surface area contributed by atoms with Crippen LogP contribution < -0.4 is 15.3 Å². The molecule has 1 saturated carbocycles. The van der Waals surface area contributed by atoms with E-state index in [1.54, 1.807) is 0 Å². The molecule has 6 unspecified atom stereocenters. The van der Waals surface area contributed by atoms with Crippen LogP contribution in [0.1, 0.15) is 77.6 Å². The lowest BCUT2D eigenvalue weighted by Crippen LogP contribution is -3.17. The number of unbranched alkanes of at least 4 members (excludes halogenated alkanes) is 2. The van der Waals surface area contributed by atoms with Gasteiger partial charge in [-0.05, 0) is 38.0 Å². The Morgan fingerprint density at radius 2 is 2.03 bits per heavy atom. The van der Waals surface area contributed by atoms with Crippen molar-refractivity contribution in [2.24, 2.45) is 16.8 Å². The second-order valence-electron chi connectivity index (χ2n) is 9.93. The van der Waals surface area contributed by atoms with E-state index in [0.717, 1.165) is 44.8 Å². The number of carboxylic acids is 1. The number of aliphatic hydroxyl groups is 2. The zero-order valence-electron chi connectivity index (χ0n) is 18.5.